The summed E-state index contributed by atoms with van der Waals surface area (Å²) in [7, 11) is 0. The van der Waals surface area contributed by atoms with Crippen molar-refractivity contribution in [2.75, 3.05) is 0 Å². The van der Waals surface area contributed by atoms with Crippen LogP contribution in [-0.2, 0) is 19.6 Å². The molecule has 0 aromatic carbocycles. The lowest BCUT2D eigenvalue weighted by molar-refractivity contribution is 0.0939. The van der Waals surface area contributed by atoms with Crippen LogP contribution in [0.15, 0.2) is 24.5 Å². The van der Waals surface area contributed by atoms with E-state index in [1.165, 1.54) is 0 Å². The number of nitrogens with one attached hydrogen (secondary N) is 1. The van der Waals surface area contributed by atoms with Gasteiger partial charge in [-0.05, 0) is 26.0 Å². The Hall–Kier alpha value is -2.11. The molecule has 1 N–H and O–H groups in total. The molecule has 0 saturated carbocycles. The molecule has 0 saturated heterocycles. The third-order valence-corrected chi connectivity index (χ3v) is 2.70. The zero-order valence-electron chi connectivity index (χ0n) is 10.6. The molecule has 2 heterocycles. The molecule has 0 aliphatic carbocycles. The molecule has 0 radical (unpaired) electrons. The van der Waals surface area contributed by atoms with Crippen LogP contribution in [-0.4, -0.2) is 25.5 Å². The van der Waals surface area contributed by atoms with Gasteiger partial charge in [0.25, 0.3) is 5.91 Å². The first-order valence-corrected chi connectivity index (χ1v) is 6.07. The summed E-state index contributed by atoms with van der Waals surface area (Å²) in [6.07, 6.45) is 3.53. The van der Waals surface area contributed by atoms with Gasteiger partial charge in [-0.3, -0.25) is 14.2 Å². The minimum Gasteiger partial charge on any atom is -0.345 e. The zero-order chi connectivity index (χ0) is 13.0. The molecule has 18 heavy (non-hydrogen) atoms. The second kappa shape index (κ2) is 5.48. The van der Waals surface area contributed by atoms with Crippen LogP contribution in [0.5, 0.6) is 0 Å². The van der Waals surface area contributed by atoms with E-state index in [0.29, 0.717) is 18.8 Å². The van der Waals surface area contributed by atoms with Crippen molar-refractivity contribution in [2.45, 2.75) is 33.5 Å². The van der Waals surface area contributed by atoms with Crippen molar-refractivity contribution < 1.29 is 4.79 Å². The first kappa shape index (κ1) is 12.3. The van der Waals surface area contributed by atoms with Gasteiger partial charge < -0.3 is 5.32 Å². The van der Waals surface area contributed by atoms with Crippen molar-refractivity contribution in [3.05, 3.63) is 35.9 Å². The third-order valence-electron chi connectivity index (χ3n) is 2.70. The van der Waals surface area contributed by atoms with E-state index in [1.54, 1.807) is 16.9 Å². The highest BCUT2D eigenvalue weighted by atomic mass is 16.2. The van der Waals surface area contributed by atoms with Gasteiger partial charge in [-0.1, -0.05) is 0 Å². The molecular weight excluding hydrogens is 230 g/mol. The standard InChI is InChI=1S/C12H17N5O/c1-3-16-8-6-10(15-16)9-13-12(18)11-5-7-14-17(11)4-2/h5-8H,3-4,9H2,1-2H3,(H,13,18). The average Bonchev–Trinajstić information content (AvgIpc) is 3.04. The maximum atomic E-state index is 11.9. The van der Waals surface area contributed by atoms with Gasteiger partial charge in [-0.25, -0.2) is 0 Å². The fourth-order valence-corrected chi connectivity index (χ4v) is 1.71. The monoisotopic (exact) mass is 247 g/mol. The lowest BCUT2D eigenvalue weighted by Gasteiger charge is -2.05. The SMILES string of the molecule is CCn1ccc(CNC(=O)c2ccnn2CC)n1. The molecule has 0 unspecified atom stereocenters. The molecule has 2 aromatic heterocycles. The van der Waals surface area contributed by atoms with Crippen molar-refractivity contribution in [3.63, 3.8) is 0 Å². The average molecular weight is 247 g/mol. The van der Waals surface area contributed by atoms with Crippen molar-refractivity contribution in [1.29, 1.82) is 0 Å². The van der Waals surface area contributed by atoms with Crippen LogP contribution >= 0.6 is 0 Å². The Morgan fingerprint density at radius 2 is 2.17 bits per heavy atom. The van der Waals surface area contributed by atoms with E-state index in [9.17, 15) is 4.79 Å². The lowest BCUT2D eigenvalue weighted by Crippen LogP contribution is -2.25. The number of aromatic nitrogens is 4. The minimum absolute atomic E-state index is 0.125. The zero-order valence-corrected chi connectivity index (χ0v) is 10.6. The molecule has 0 fully saturated rings. The number of aryl methyl sites for hydroxylation is 2. The molecule has 2 rings (SSSR count). The van der Waals surface area contributed by atoms with Gasteiger partial charge in [-0.2, -0.15) is 10.2 Å². The van der Waals surface area contributed by atoms with Crippen LogP contribution in [0.3, 0.4) is 0 Å². The highest BCUT2D eigenvalue weighted by Crippen LogP contribution is 2.00. The number of nitrogens with zero attached hydrogens (tertiary/aromatic N) is 4. The quantitative estimate of drug-likeness (QED) is 0.859. The normalized spacial score (nSPS) is 10.6. The van der Waals surface area contributed by atoms with Crippen LogP contribution in [0.25, 0.3) is 0 Å². The van der Waals surface area contributed by atoms with Gasteiger partial charge in [0.15, 0.2) is 0 Å². The van der Waals surface area contributed by atoms with Gasteiger partial charge in [0.1, 0.15) is 5.69 Å². The molecule has 0 aliphatic rings. The van der Waals surface area contributed by atoms with E-state index < -0.39 is 0 Å². The van der Waals surface area contributed by atoms with Gasteiger partial charge >= 0.3 is 0 Å². The molecule has 0 spiro atoms. The van der Waals surface area contributed by atoms with Gasteiger partial charge in [0.2, 0.25) is 0 Å². The first-order valence-electron chi connectivity index (χ1n) is 6.07. The molecule has 0 atom stereocenters. The van der Waals surface area contributed by atoms with Crippen molar-refractivity contribution in [1.82, 2.24) is 24.9 Å². The summed E-state index contributed by atoms with van der Waals surface area (Å²) in [4.78, 5) is 11.9. The topological polar surface area (TPSA) is 64.7 Å². The minimum atomic E-state index is -0.125. The number of carbonyl (C=O) groups excluding carboxylic acids is 1. The summed E-state index contributed by atoms with van der Waals surface area (Å²) in [6.45, 7) is 5.92. The smallest absolute Gasteiger partial charge is 0.269 e. The maximum absolute atomic E-state index is 11.9. The first-order chi connectivity index (χ1) is 8.74. The maximum Gasteiger partial charge on any atom is 0.269 e. The summed E-state index contributed by atoms with van der Waals surface area (Å²) in [5, 5.41) is 11.2. The Bertz CT molecular complexity index is 528. The highest BCUT2D eigenvalue weighted by Gasteiger charge is 2.10. The lowest BCUT2D eigenvalue weighted by atomic mass is 10.3. The highest BCUT2D eigenvalue weighted by molar-refractivity contribution is 5.92. The van der Waals surface area contributed by atoms with Gasteiger partial charge in [0.05, 0.1) is 12.2 Å². The molecule has 6 nitrogen and oxygen atoms in total. The second-order valence-electron chi connectivity index (χ2n) is 3.88. The van der Waals surface area contributed by atoms with Crippen LogP contribution in [0.4, 0.5) is 0 Å². The Kier molecular flexibility index (Phi) is 3.76. The van der Waals surface area contributed by atoms with E-state index in [4.69, 9.17) is 0 Å². The second-order valence-corrected chi connectivity index (χ2v) is 3.88. The number of hydrogen-bond acceptors (Lipinski definition) is 3. The van der Waals surface area contributed by atoms with E-state index >= 15 is 0 Å². The predicted octanol–water partition coefficient (Wildman–Crippen LogP) is 1.05. The molecule has 1 amide bonds. The molecule has 96 valence electrons. The number of amides is 1. The molecule has 0 aliphatic heterocycles. The number of carbonyl (C=O) groups is 1. The van der Waals surface area contributed by atoms with E-state index in [0.717, 1.165) is 12.2 Å². The van der Waals surface area contributed by atoms with Crippen LogP contribution < -0.4 is 5.32 Å². The Morgan fingerprint density at radius 3 is 2.83 bits per heavy atom. The molecule has 0 bridgehead atoms. The molecule has 6 heteroatoms. The summed E-state index contributed by atoms with van der Waals surface area (Å²) in [5.41, 5.74) is 1.43. The largest absolute Gasteiger partial charge is 0.345 e. The summed E-state index contributed by atoms with van der Waals surface area (Å²) >= 11 is 0. The Labute approximate surface area is 106 Å². The fourth-order valence-electron chi connectivity index (χ4n) is 1.71. The Morgan fingerprint density at radius 1 is 1.33 bits per heavy atom. The van der Waals surface area contributed by atoms with Crippen molar-refractivity contribution >= 4 is 5.91 Å². The van der Waals surface area contributed by atoms with Crippen LogP contribution in [0.1, 0.15) is 30.0 Å². The fraction of sp³-hybridized carbons (Fsp3) is 0.417. The van der Waals surface area contributed by atoms with Crippen LogP contribution in [0.2, 0.25) is 0 Å². The summed E-state index contributed by atoms with van der Waals surface area (Å²) < 4.78 is 3.50. The summed E-state index contributed by atoms with van der Waals surface area (Å²) in [5.74, 6) is -0.125. The predicted molar refractivity (Wildman–Crippen MR) is 67.0 cm³/mol. The molecule has 2 aromatic rings. The molecular formula is C12H17N5O. The summed E-state index contributed by atoms with van der Waals surface area (Å²) in [6, 6.07) is 3.62. The van der Waals surface area contributed by atoms with Gasteiger partial charge in [-0.15, -0.1) is 0 Å². The van der Waals surface area contributed by atoms with E-state index in [2.05, 4.69) is 15.5 Å². The van der Waals surface area contributed by atoms with Gasteiger partial charge in [0, 0.05) is 25.5 Å². The third kappa shape index (κ3) is 2.58. The number of hydrogen-bond donors (Lipinski definition) is 1. The van der Waals surface area contributed by atoms with E-state index in [-0.39, 0.29) is 5.91 Å². The Balaban J connectivity index is 1.96. The van der Waals surface area contributed by atoms with Crippen molar-refractivity contribution in [3.8, 4) is 0 Å². The van der Waals surface area contributed by atoms with E-state index in [1.807, 2.05) is 30.8 Å². The van der Waals surface area contributed by atoms with Crippen LogP contribution in [0, 0.1) is 0 Å². The van der Waals surface area contributed by atoms with Crippen molar-refractivity contribution in [2.24, 2.45) is 0 Å². The number of rotatable bonds is 5.